The summed E-state index contributed by atoms with van der Waals surface area (Å²) in [5, 5.41) is 2.99. The first-order chi connectivity index (χ1) is 8.11. The third kappa shape index (κ3) is 5.31. The van der Waals surface area contributed by atoms with Crippen molar-refractivity contribution in [2.45, 2.75) is 19.5 Å². The lowest BCUT2D eigenvalue weighted by Crippen LogP contribution is -2.40. The Labute approximate surface area is 101 Å². The summed E-state index contributed by atoms with van der Waals surface area (Å²) in [6, 6.07) is 6.29. The smallest absolute Gasteiger partial charge is 0.189 e. The molecule has 94 valence electrons. The van der Waals surface area contributed by atoms with Crippen LogP contribution in [0.4, 0.5) is 4.39 Å². The summed E-state index contributed by atoms with van der Waals surface area (Å²) in [4.78, 5) is 4.15. The van der Waals surface area contributed by atoms with Gasteiger partial charge in [-0.1, -0.05) is 12.1 Å². The average Bonchev–Trinajstić information content (AvgIpc) is 2.28. The average molecular weight is 239 g/mol. The minimum absolute atomic E-state index is 0.108. The van der Waals surface area contributed by atoms with Crippen molar-refractivity contribution < 1.29 is 9.13 Å². The third-order valence-corrected chi connectivity index (χ3v) is 2.16. The summed E-state index contributed by atoms with van der Waals surface area (Å²) < 4.78 is 17.6. The summed E-state index contributed by atoms with van der Waals surface area (Å²) in [7, 11) is 1.63. The first-order valence-corrected chi connectivity index (χ1v) is 5.41. The van der Waals surface area contributed by atoms with Crippen LogP contribution in [-0.2, 0) is 11.3 Å². The Kier molecular flexibility index (Phi) is 5.42. The number of ether oxygens (including phenoxy) is 1. The van der Waals surface area contributed by atoms with Gasteiger partial charge in [0, 0.05) is 13.2 Å². The van der Waals surface area contributed by atoms with Gasteiger partial charge in [0.2, 0.25) is 0 Å². The van der Waals surface area contributed by atoms with Gasteiger partial charge in [-0.05, 0) is 24.6 Å². The second kappa shape index (κ2) is 6.85. The van der Waals surface area contributed by atoms with Crippen LogP contribution in [0.15, 0.2) is 29.3 Å². The molecule has 0 fully saturated rings. The predicted octanol–water partition coefficient (Wildman–Crippen LogP) is 1.26. The van der Waals surface area contributed by atoms with E-state index in [1.165, 1.54) is 12.1 Å². The van der Waals surface area contributed by atoms with E-state index in [1.807, 2.05) is 6.92 Å². The Bertz CT molecular complexity index is 365. The van der Waals surface area contributed by atoms with Crippen molar-refractivity contribution >= 4 is 5.96 Å². The first-order valence-electron chi connectivity index (χ1n) is 5.41. The highest BCUT2D eigenvalue weighted by molar-refractivity contribution is 5.78. The van der Waals surface area contributed by atoms with Gasteiger partial charge in [-0.15, -0.1) is 0 Å². The van der Waals surface area contributed by atoms with Crippen LogP contribution in [0.1, 0.15) is 12.5 Å². The maximum Gasteiger partial charge on any atom is 0.189 e. The number of nitrogens with two attached hydrogens (primary N) is 1. The van der Waals surface area contributed by atoms with E-state index in [-0.39, 0.29) is 11.9 Å². The number of hydrogen-bond acceptors (Lipinski definition) is 2. The maximum atomic E-state index is 12.7. The molecule has 1 aromatic carbocycles. The van der Waals surface area contributed by atoms with Crippen molar-refractivity contribution in [3.8, 4) is 0 Å². The molecule has 0 saturated carbocycles. The Morgan fingerprint density at radius 2 is 2.12 bits per heavy atom. The van der Waals surface area contributed by atoms with Crippen molar-refractivity contribution in [2.24, 2.45) is 10.7 Å². The number of rotatable bonds is 5. The van der Waals surface area contributed by atoms with Gasteiger partial charge in [0.1, 0.15) is 5.82 Å². The molecule has 0 saturated heterocycles. The quantitative estimate of drug-likeness (QED) is 0.601. The zero-order valence-electron chi connectivity index (χ0n) is 10.1. The molecule has 0 aromatic heterocycles. The van der Waals surface area contributed by atoms with E-state index in [4.69, 9.17) is 10.5 Å². The predicted molar refractivity (Wildman–Crippen MR) is 66.2 cm³/mol. The maximum absolute atomic E-state index is 12.7. The van der Waals surface area contributed by atoms with Crippen molar-refractivity contribution in [3.05, 3.63) is 35.6 Å². The van der Waals surface area contributed by atoms with Crippen molar-refractivity contribution in [2.75, 3.05) is 13.7 Å². The highest BCUT2D eigenvalue weighted by Gasteiger charge is 2.01. The fraction of sp³-hybridized carbons (Fsp3) is 0.417. The number of benzene rings is 1. The minimum atomic E-state index is -0.252. The van der Waals surface area contributed by atoms with Gasteiger partial charge in [0.25, 0.3) is 0 Å². The van der Waals surface area contributed by atoms with Crippen LogP contribution in [0.2, 0.25) is 0 Å². The molecule has 5 heteroatoms. The van der Waals surface area contributed by atoms with Gasteiger partial charge < -0.3 is 15.8 Å². The molecule has 0 heterocycles. The molecular weight excluding hydrogens is 221 g/mol. The Morgan fingerprint density at radius 1 is 1.47 bits per heavy atom. The zero-order chi connectivity index (χ0) is 12.7. The van der Waals surface area contributed by atoms with Gasteiger partial charge in [0.15, 0.2) is 5.96 Å². The summed E-state index contributed by atoms with van der Waals surface area (Å²) in [6.07, 6.45) is 0. The van der Waals surface area contributed by atoms with Gasteiger partial charge in [-0.25, -0.2) is 9.38 Å². The van der Waals surface area contributed by atoms with Crippen LogP contribution in [0.3, 0.4) is 0 Å². The largest absolute Gasteiger partial charge is 0.383 e. The van der Waals surface area contributed by atoms with E-state index in [0.717, 1.165) is 5.56 Å². The Hall–Kier alpha value is -1.62. The summed E-state index contributed by atoms with van der Waals surface area (Å²) in [5.74, 6) is 0.108. The number of guanidine groups is 1. The molecule has 0 aliphatic rings. The van der Waals surface area contributed by atoms with E-state index in [0.29, 0.717) is 19.1 Å². The molecule has 1 unspecified atom stereocenters. The summed E-state index contributed by atoms with van der Waals surface area (Å²) in [6.45, 7) is 2.94. The molecule has 17 heavy (non-hydrogen) atoms. The molecule has 4 nitrogen and oxygen atoms in total. The number of nitrogens with zero attached hydrogens (tertiary/aromatic N) is 1. The zero-order valence-corrected chi connectivity index (χ0v) is 10.1. The van der Waals surface area contributed by atoms with Crippen LogP contribution < -0.4 is 11.1 Å². The van der Waals surface area contributed by atoms with Crippen LogP contribution in [0.25, 0.3) is 0 Å². The van der Waals surface area contributed by atoms with E-state index in [9.17, 15) is 4.39 Å². The summed E-state index contributed by atoms with van der Waals surface area (Å²) in [5.41, 5.74) is 6.60. The van der Waals surface area contributed by atoms with E-state index < -0.39 is 0 Å². The van der Waals surface area contributed by atoms with Crippen LogP contribution in [-0.4, -0.2) is 25.7 Å². The highest BCUT2D eigenvalue weighted by atomic mass is 19.1. The van der Waals surface area contributed by atoms with Gasteiger partial charge in [-0.2, -0.15) is 0 Å². The van der Waals surface area contributed by atoms with Crippen LogP contribution >= 0.6 is 0 Å². The van der Waals surface area contributed by atoms with Crippen molar-refractivity contribution in [3.63, 3.8) is 0 Å². The number of methoxy groups -OCH3 is 1. The SMILES string of the molecule is COCC(C)NC(N)=NCc1ccc(F)cc1. The number of halogens is 1. The van der Waals surface area contributed by atoms with Crippen molar-refractivity contribution in [1.29, 1.82) is 0 Å². The monoisotopic (exact) mass is 239 g/mol. The normalized spacial score (nSPS) is 13.5. The number of aliphatic imine (C=N–C) groups is 1. The molecule has 1 atom stereocenters. The topological polar surface area (TPSA) is 59.6 Å². The second-order valence-electron chi connectivity index (χ2n) is 3.83. The second-order valence-corrected chi connectivity index (χ2v) is 3.83. The van der Waals surface area contributed by atoms with E-state index in [2.05, 4.69) is 10.3 Å². The van der Waals surface area contributed by atoms with Crippen LogP contribution in [0.5, 0.6) is 0 Å². The van der Waals surface area contributed by atoms with Gasteiger partial charge in [0.05, 0.1) is 13.2 Å². The fourth-order valence-corrected chi connectivity index (χ4v) is 1.36. The molecule has 0 radical (unpaired) electrons. The summed E-state index contributed by atoms with van der Waals surface area (Å²) >= 11 is 0. The molecule has 1 rings (SSSR count). The highest BCUT2D eigenvalue weighted by Crippen LogP contribution is 2.03. The molecule has 0 bridgehead atoms. The lowest BCUT2D eigenvalue weighted by atomic mass is 10.2. The number of nitrogens with one attached hydrogen (secondary N) is 1. The van der Waals surface area contributed by atoms with Gasteiger partial charge in [-0.3, -0.25) is 0 Å². The molecule has 0 aliphatic carbocycles. The molecule has 0 aliphatic heterocycles. The molecule has 0 amide bonds. The lowest BCUT2D eigenvalue weighted by molar-refractivity contribution is 0.179. The van der Waals surface area contributed by atoms with E-state index in [1.54, 1.807) is 19.2 Å². The lowest BCUT2D eigenvalue weighted by Gasteiger charge is -2.12. The fourth-order valence-electron chi connectivity index (χ4n) is 1.36. The molecule has 3 N–H and O–H groups in total. The van der Waals surface area contributed by atoms with Crippen LogP contribution in [0, 0.1) is 5.82 Å². The molecule has 1 aromatic rings. The standard InChI is InChI=1S/C12H18FN3O/c1-9(8-17-2)16-12(14)15-7-10-3-5-11(13)6-4-10/h3-6,9H,7-8H2,1-2H3,(H3,14,15,16). The first kappa shape index (κ1) is 13.4. The minimum Gasteiger partial charge on any atom is -0.383 e. The number of hydrogen-bond donors (Lipinski definition) is 2. The molecular formula is C12H18FN3O. The third-order valence-electron chi connectivity index (χ3n) is 2.16. The Balaban J connectivity index is 2.44. The van der Waals surface area contributed by atoms with Gasteiger partial charge >= 0.3 is 0 Å². The van der Waals surface area contributed by atoms with Crippen molar-refractivity contribution in [1.82, 2.24) is 5.32 Å². The van der Waals surface area contributed by atoms with E-state index >= 15 is 0 Å². The Morgan fingerprint density at radius 3 is 2.71 bits per heavy atom. The molecule has 0 spiro atoms.